The third kappa shape index (κ3) is 3.83. The van der Waals surface area contributed by atoms with Crippen LogP contribution in [0.25, 0.3) is 11.1 Å². The monoisotopic (exact) mass is 390 g/mol. The molecule has 1 aliphatic rings. The molecule has 0 unspecified atom stereocenters. The maximum atomic E-state index is 15.0. The lowest BCUT2D eigenvalue weighted by atomic mass is 9.77. The first kappa shape index (κ1) is 20.5. The van der Waals surface area contributed by atoms with Gasteiger partial charge in [0.25, 0.3) is 0 Å². The maximum Gasteiger partial charge on any atom is 0.498 e. The van der Waals surface area contributed by atoms with Crippen molar-refractivity contribution in [2.45, 2.75) is 38.9 Å². The molecule has 1 aromatic carbocycles. The van der Waals surface area contributed by atoms with Gasteiger partial charge in [-0.2, -0.15) is 5.10 Å². The molecule has 0 amide bonds. The normalized spacial score (nSPS) is 17.6. The molecule has 1 saturated heterocycles. The summed E-state index contributed by atoms with van der Waals surface area (Å²) in [6.07, 6.45) is 1.45. The second-order valence-corrected chi connectivity index (χ2v) is 7.50. The Morgan fingerprint density at radius 3 is 2.36 bits per heavy atom. The van der Waals surface area contributed by atoms with E-state index < -0.39 is 24.1 Å². The van der Waals surface area contributed by atoms with Gasteiger partial charge in [0, 0.05) is 29.8 Å². The number of methoxy groups -OCH3 is 2. The van der Waals surface area contributed by atoms with Crippen molar-refractivity contribution in [3.8, 4) is 22.8 Å². The van der Waals surface area contributed by atoms with Gasteiger partial charge < -0.3 is 23.5 Å². The molecule has 0 aliphatic carbocycles. The zero-order valence-electron chi connectivity index (χ0n) is 16.9. The van der Waals surface area contributed by atoms with Crippen LogP contribution < -0.4 is 14.9 Å². The lowest BCUT2D eigenvalue weighted by molar-refractivity contribution is 0.00578. The largest absolute Gasteiger partial charge is 0.498 e. The zero-order valence-corrected chi connectivity index (χ0v) is 16.9. The summed E-state index contributed by atoms with van der Waals surface area (Å²) in [5, 5.41) is 7.66. The van der Waals surface area contributed by atoms with Crippen molar-refractivity contribution in [3.63, 3.8) is 0 Å². The lowest BCUT2D eigenvalue weighted by Gasteiger charge is -2.32. The molecule has 1 aliphatic heterocycles. The first-order valence-corrected chi connectivity index (χ1v) is 8.86. The van der Waals surface area contributed by atoms with Gasteiger partial charge in [0.15, 0.2) is 6.79 Å². The summed E-state index contributed by atoms with van der Waals surface area (Å²) in [5.41, 5.74) is 0.124. The van der Waals surface area contributed by atoms with Crippen molar-refractivity contribution in [2.24, 2.45) is 0 Å². The van der Waals surface area contributed by atoms with Gasteiger partial charge in [0.1, 0.15) is 11.6 Å². The third-order valence-corrected chi connectivity index (χ3v) is 5.09. The molecular formula is C19H24BFN2O5. The third-order valence-electron chi connectivity index (χ3n) is 5.09. The minimum atomic E-state index is -0.773. The van der Waals surface area contributed by atoms with Crippen LogP contribution in [0.3, 0.4) is 0 Å². The summed E-state index contributed by atoms with van der Waals surface area (Å²) in [6, 6.07) is 4.53. The Hall–Kier alpha value is -2.23. The molecule has 0 radical (unpaired) electrons. The summed E-state index contributed by atoms with van der Waals surface area (Å²) in [5.74, 6) is 0.211. The average molecular weight is 390 g/mol. The first-order valence-electron chi connectivity index (χ1n) is 8.86. The summed E-state index contributed by atoms with van der Waals surface area (Å²) in [7, 11) is 2.21. The van der Waals surface area contributed by atoms with Crippen LogP contribution in [-0.2, 0) is 14.0 Å². The van der Waals surface area contributed by atoms with E-state index in [1.165, 1.54) is 26.5 Å². The quantitative estimate of drug-likeness (QED) is 0.555. The minimum Gasteiger partial charge on any atom is -0.480 e. The van der Waals surface area contributed by atoms with E-state index in [0.29, 0.717) is 22.3 Å². The number of benzene rings is 1. The summed E-state index contributed by atoms with van der Waals surface area (Å²) >= 11 is 0. The summed E-state index contributed by atoms with van der Waals surface area (Å²) in [4.78, 5) is 0. The van der Waals surface area contributed by atoms with Crippen LogP contribution in [-0.4, -0.2) is 49.5 Å². The summed E-state index contributed by atoms with van der Waals surface area (Å²) in [6.45, 7) is 7.73. The Labute approximate surface area is 164 Å². The number of ether oxygens (including phenoxy) is 3. The van der Waals surface area contributed by atoms with Crippen LogP contribution in [0.4, 0.5) is 4.39 Å². The summed E-state index contributed by atoms with van der Waals surface area (Å²) < 4.78 is 42.9. The molecule has 1 aromatic heterocycles. The maximum absolute atomic E-state index is 15.0. The van der Waals surface area contributed by atoms with Gasteiger partial charge in [-0.05, 0) is 39.8 Å². The number of hydrogen-bond acceptors (Lipinski definition) is 7. The molecule has 2 aromatic rings. The second kappa shape index (κ2) is 7.65. The fraction of sp³-hybridized carbons (Fsp3) is 0.474. The molecule has 0 saturated carbocycles. The molecule has 9 heteroatoms. The fourth-order valence-corrected chi connectivity index (χ4v) is 2.79. The first-order chi connectivity index (χ1) is 13.2. The molecule has 2 heterocycles. The number of rotatable bonds is 6. The standard InChI is InChI=1S/C19H24BFN2O5/c1-18(2)19(3,4)28-20(27-18)14-9-15(21)13(8-16(14)26-11-24-5)12-7-17(25-6)23-22-10-12/h7-10H,11H2,1-6H3. The van der Waals surface area contributed by atoms with E-state index in [0.717, 1.165) is 0 Å². The highest BCUT2D eigenvalue weighted by atomic mass is 19.1. The van der Waals surface area contributed by atoms with Gasteiger partial charge in [0.05, 0.1) is 24.5 Å². The molecule has 28 heavy (non-hydrogen) atoms. The van der Waals surface area contributed by atoms with Gasteiger partial charge in [-0.15, -0.1) is 5.10 Å². The SMILES string of the molecule is COCOc1cc(-c2cnnc(OC)c2)c(F)cc1B1OC(C)(C)C(C)(C)O1. The van der Waals surface area contributed by atoms with E-state index >= 15 is 4.39 Å². The van der Waals surface area contributed by atoms with E-state index in [4.69, 9.17) is 23.5 Å². The number of nitrogens with zero attached hydrogens (tertiary/aromatic N) is 2. The van der Waals surface area contributed by atoms with Crippen LogP contribution in [0.5, 0.6) is 11.6 Å². The molecule has 3 rings (SSSR count). The Morgan fingerprint density at radius 2 is 1.75 bits per heavy atom. The number of halogens is 1. The second-order valence-electron chi connectivity index (χ2n) is 7.50. The predicted molar refractivity (Wildman–Crippen MR) is 102 cm³/mol. The molecule has 1 fully saturated rings. The predicted octanol–water partition coefficient (Wildman–Crippen LogP) is 2.57. The Kier molecular flexibility index (Phi) is 5.61. The van der Waals surface area contributed by atoms with Crippen molar-refractivity contribution in [1.29, 1.82) is 0 Å². The van der Waals surface area contributed by atoms with Crippen LogP contribution in [0.15, 0.2) is 24.4 Å². The van der Waals surface area contributed by atoms with Crippen LogP contribution in [0.1, 0.15) is 27.7 Å². The highest BCUT2D eigenvalue weighted by molar-refractivity contribution is 6.63. The Bertz CT molecular complexity index is 846. The van der Waals surface area contributed by atoms with Gasteiger partial charge in [-0.25, -0.2) is 4.39 Å². The molecule has 0 atom stereocenters. The van der Waals surface area contributed by atoms with E-state index in [9.17, 15) is 0 Å². The molecule has 0 N–H and O–H groups in total. The van der Waals surface area contributed by atoms with E-state index in [-0.39, 0.29) is 12.7 Å². The van der Waals surface area contributed by atoms with Gasteiger partial charge in [0.2, 0.25) is 5.88 Å². The Morgan fingerprint density at radius 1 is 1.07 bits per heavy atom. The smallest absolute Gasteiger partial charge is 0.480 e. The van der Waals surface area contributed by atoms with Crippen LogP contribution >= 0.6 is 0 Å². The van der Waals surface area contributed by atoms with E-state index in [2.05, 4.69) is 10.2 Å². The highest BCUT2D eigenvalue weighted by Gasteiger charge is 2.52. The van der Waals surface area contributed by atoms with Crippen molar-refractivity contribution < 1.29 is 27.9 Å². The molecule has 0 spiro atoms. The van der Waals surface area contributed by atoms with E-state index in [1.54, 1.807) is 12.1 Å². The van der Waals surface area contributed by atoms with Crippen molar-refractivity contribution >= 4 is 12.6 Å². The highest BCUT2D eigenvalue weighted by Crippen LogP contribution is 2.38. The van der Waals surface area contributed by atoms with E-state index in [1.807, 2.05) is 27.7 Å². The van der Waals surface area contributed by atoms with Gasteiger partial charge in [-0.3, -0.25) is 0 Å². The Balaban J connectivity index is 2.05. The van der Waals surface area contributed by atoms with Crippen molar-refractivity contribution in [1.82, 2.24) is 10.2 Å². The van der Waals surface area contributed by atoms with Crippen molar-refractivity contribution in [2.75, 3.05) is 21.0 Å². The molecule has 7 nitrogen and oxygen atoms in total. The molecule has 0 bridgehead atoms. The molecule has 150 valence electrons. The molecular weight excluding hydrogens is 366 g/mol. The topological polar surface area (TPSA) is 71.9 Å². The van der Waals surface area contributed by atoms with Crippen molar-refractivity contribution in [3.05, 3.63) is 30.2 Å². The van der Waals surface area contributed by atoms with Crippen LogP contribution in [0.2, 0.25) is 0 Å². The number of hydrogen-bond donors (Lipinski definition) is 0. The van der Waals surface area contributed by atoms with Crippen LogP contribution in [0, 0.1) is 5.82 Å². The number of aromatic nitrogens is 2. The van der Waals surface area contributed by atoms with Gasteiger partial charge >= 0.3 is 7.12 Å². The lowest BCUT2D eigenvalue weighted by Crippen LogP contribution is -2.41. The average Bonchev–Trinajstić information content (AvgIpc) is 2.87. The minimum absolute atomic E-state index is 0.00447. The zero-order chi connectivity index (χ0) is 20.5. The van der Waals surface area contributed by atoms with Gasteiger partial charge in [-0.1, -0.05) is 0 Å². The fourth-order valence-electron chi connectivity index (χ4n) is 2.79.